The predicted molar refractivity (Wildman–Crippen MR) is 122 cm³/mol. The molecule has 3 aromatic heterocycles. The Morgan fingerprint density at radius 1 is 1.03 bits per heavy atom. The van der Waals surface area contributed by atoms with Crippen molar-refractivity contribution in [2.75, 3.05) is 0 Å². The molecule has 5 rings (SSSR count). The molecule has 0 saturated heterocycles. The Hall–Kier alpha value is -3.91. The fourth-order valence-electron chi connectivity index (χ4n) is 4.19. The number of imidazole rings is 1. The first-order valence-electron chi connectivity index (χ1n) is 10.4. The highest BCUT2D eigenvalue weighted by Gasteiger charge is 2.15. The van der Waals surface area contributed by atoms with Crippen LogP contribution in [0.1, 0.15) is 35.1 Å². The molecule has 0 bridgehead atoms. The van der Waals surface area contributed by atoms with Gasteiger partial charge < -0.3 is 8.98 Å². The van der Waals surface area contributed by atoms with Gasteiger partial charge in [-0.1, -0.05) is 25.1 Å². The zero-order chi connectivity index (χ0) is 21.5. The largest absolute Gasteiger partial charge is 0.456 e. The topological polar surface area (TPSA) is 67.6 Å². The molecule has 0 aliphatic heterocycles. The number of nitrogens with zero attached hydrogens (tertiary/aromatic N) is 4. The molecule has 0 fully saturated rings. The van der Waals surface area contributed by atoms with Crippen LogP contribution in [0.2, 0.25) is 0 Å². The number of hydrogen-bond donors (Lipinski definition) is 0. The van der Waals surface area contributed by atoms with E-state index in [9.17, 15) is 5.26 Å². The standard InChI is InChI=1S/C26H22N4O/c1-4-24-29-25-16(2)11-17(3)28-26(25)30(24)15-18-9-10-22-20(12-18)13-23(31-22)21-8-6-5-7-19(21)14-27/h5-13H,4,15H2,1-3H3. The average molecular weight is 406 g/mol. The van der Waals surface area contributed by atoms with Crippen molar-refractivity contribution in [3.05, 3.63) is 82.8 Å². The fraction of sp³-hybridized carbons (Fsp3) is 0.192. The molecule has 0 aliphatic carbocycles. The third-order valence-corrected chi connectivity index (χ3v) is 5.65. The van der Waals surface area contributed by atoms with Gasteiger partial charge in [-0.3, -0.25) is 0 Å². The third-order valence-electron chi connectivity index (χ3n) is 5.65. The summed E-state index contributed by atoms with van der Waals surface area (Å²) in [6.07, 6.45) is 0.845. The van der Waals surface area contributed by atoms with Crippen LogP contribution >= 0.6 is 0 Å². The maximum Gasteiger partial charge on any atom is 0.160 e. The number of rotatable bonds is 4. The van der Waals surface area contributed by atoms with E-state index < -0.39 is 0 Å². The average Bonchev–Trinajstić information content (AvgIpc) is 3.35. The maximum absolute atomic E-state index is 9.41. The van der Waals surface area contributed by atoms with E-state index in [0.717, 1.165) is 56.8 Å². The summed E-state index contributed by atoms with van der Waals surface area (Å²) in [5.41, 5.74) is 7.45. The molecule has 0 amide bonds. The monoisotopic (exact) mass is 406 g/mol. The van der Waals surface area contributed by atoms with Crippen molar-refractivity contribution >= 4 is 22.1 Å². The van der Waals surface area contributed by atoms with Crippen LogP contribution in [0.5, 0.6) is 0 Å². The van der Waals surface area contributed by atoms with Crippen LogP contribution in [0.4, 0.5) is 0 Å². The minimum atomic E-state index is 0.607. The number of aryl methyl sites for hydroxylation is 3. The van der Waals surface area contributed by atoms with Gasteiger partial charge in [0.05, 0.1) is 18.2 Å². The second-order valence-corrected chi connectivity index (χ2v) is 7.86. The quantitative estimate of drug-likeness (QED) is 0.370. The molecule has 0 atom stereocenters. The van der Waals surface area contributed by atoms with Crippen molar-refractivity contribution in [1.82, 2.24) is 14.5 Å². The molecule has 5 heteroatoms. The summed E-state index contributed by atoms with van der Waals surface area (Å²) in [7, 11) is 0. The summed E-state index contributed by atoms with van der Waals surface area (Å²) < 4.78 is 8.26. The van der Waals surface area contributed by atoms with Crippen LogP contribution in [-0.2, 0) is 13.0 Å². The van der Waals surface area contributed by atoms with Gasteiger partial charge in [0, 0.05) is 23.1 Å². The number of benzene rings is 2. The van der Waals surface area contributed by atoms with E-state index in [1.807, 2.05) is 37.3 Å². The highest BCUT2D eigenvalue weighted by atomic mass is 16.3. The van der Waals surface area contributed by atoms with E-state index in [2.05, 4.69) is 42.7 Å². The van der Waals surface area contributed by atoms with E-state index in [4.69, 9.17) is 14.4 Å². The van der Waals surface area contributed by atoms with E-state index in [0.29, 0.717) is 17.9 Å². The van der Waals surface area contributed by atoms with E-state index in [1.165, 1.54) is 0 Å². The molecule has 0 spiro atoms. The molecule has 0 N–H and O–H groups in total. The van der Waals surface area contributed by atoms with Crippen molar-refractivity contribution < 1.29 is 4.42 Å². The van der Waals surface area contributed by atoms with Crippen molar-refractivity contribution in [1.29, 1.82) is 5.26 Å². The molecule has 3 heterocycles. The zero-order valence-electron chi connectivity index (χ0n) is 17.8. The molecule has 152 valence electrons. The number of hydrogen-bond acceptors (Lipinski definition) is 4. The first-order chi connectivity index (χ1) is 15.1. The Bertz CT molecular complexity index is 1480. The zero-order valence-corrected chi connectivity index (χ0v) is 17.8. The highest BCUT2D eigenvalue weighted by Crippen LogP contribution is 2.31. The minimum absolute atomic E-state index is 0.607. The van der Waals surface area contributed by atoms with Crippen LogP contribution < -0.4 is 0 Å². The van der Waals surface area contributed by atoms with Crippen molar-refractivity contribution in [2.45, 2.75) is 33.7 Å². The minimum Gasteiger partial charge on any atom is -0.456 e. The summed E-state index contributed by atoms with van der Waals surface area (Å²) in [6, 6.07) is 20.1. The molecule has 5 nitrogen and oxygen atoms in total. The number of aromatic nitrogens is 3. The molecule has 0 unspecified atom stereocenters. The Morgan fingerprint density at radius 2 is 1.87 bits per heavy atom. The maximum atomic E-state index is 9.41. The lowest BCUT2D eigenvalue weighted by Crippen LogP contribution is -2.05. The molecule has 0 aliphatic rings. The molecule has 2 aromatic carbocycles. The van der Waals surface area contributed by atoms with Gasteiger partial charge in [0.25, 0.3) is 0 Å². The second kappa shape index (κ2) is 7.41. The van der Waals surface area contributed by atoms with Gasteiger partial charge in [-0.05, 0) is 61.4 Å². The molecule has 5 aromatic rings. The highest BCUT2D eigenvalue weighted by molar-refractivity contribution is 5.84. The summed E-state index contributed by atoms with van der Waals surface area (Å²) in [4.78, 5) is 9.62. The van der Waals surface area contributed by atoms with Gasteiger partial charge in [-0.15, -0.1) is 0 Å². The Kier molecular flexibility index (Phi) is 4.56. The summed E-state index contributed by atoms with van der Waals surface area (Å²) >= 11 is 0. The van der Waals surface area contributed by atoms with E-state index in [-0.39, 0.29) is 0 Å². The molecule has 31 heavy (non-hydrogen) atoms. The lowest BCUT2D eigenvalue weighted by atomic mass is 10.1. The summed E-state index contributed by atoms with van der Waals surface area (Å²) in [6.45, 7) is 6.93. The predicted octanol–water partition coefficient (Wildman–Crippen LogP) is 5.94. The molecule has 0 saturated carbocycles. The van der Waals surface area contributed by atoms with Gasteiger partial charge >= 0.3 is 0 Å². The van der Waals surface area contributed by atoms with E-state index >= 15 is 0 Å². The normalized spacial score (nSPS) is 11.3. The van der Waals surface area contributed by atoms with Gasteiger partial charge in [0.1, 0.15) is 22.7 Å². The van der Waals surface area contributed by atoms with Crippen LogP contribution in [0.15, 0.2) is 59.0 Å². The number of fused-ring (bicyclic) bond motifs is 2. The first-order valence-corrected chi connectivity index (χ1v) is 10.4. The van der Waals surface area contributed by atoms with Crippen LogP contribution in [-0.4, -0.2) is 14.5 Å². The van der Waals surface area contributed by atoms with Gasteiger partial charge in [0.2, 0.25) is 0 Å². The lowest BCUT2D eigenvalue weighted by Gasteiger charge is -2.08. The van der Waals surface area contributed by atoms with Crippen LogP contribution in [0.25, 0.3) is 33.5 Å². The molecular formula is C26H22N4O. The van der Waals surface area contributed by atoms with Crippen LogP contribution in [0, 0.1) is 25.2 Å². The Morgan fingerprint density at radius 3 is 2.68 bits per heavy atom. The number of furan rings is 1. The Balaban J connectivity index is 1.57. The fourth-order valence-corrected chi connectivity index (χ4v) is 4.19. The third kappa shape index (κ3) is 3.27. The van der Waals surface area contributed by atoms with Crippen molar-refractivity contribution in [3.8, 4) is 17.4 Å². The van der Waals surface area contributed by atoms with E-state index in [1.54, 1.807) is 6.07 Å². The second-order valence-electron chi connectivity index (χ2n) is 7.86. The Labute approximate surface area is 180 Å². The SMILES string of the molecule is CCc1nc2c(C)cc(C)nc2n1Cc1ccc2oc(-c3ccccc3C#N)cc2c1. The molecule has 0 radical (unpaired) electrons. The first kappa shape index (κ1) is 19.1. The van der Waals surface area contributed by atoms with Crippen molar-refractivity contribution in [3.63, 3.8) is 0 Å². The van der Waals surface area contributed by atoms with Crippen molar-refractivity contribution in [2.24, 2.45) is 0 Å². The molecular weight excluding hydrogens is 384 g/mol. The van der Waals surface area contributed by atoms with Gasteiger partial charge in [-0.25, -0.2) is 9.97 Å². The van der Waals surface area contributed by atoms with Gasteiger partial charge in [0.15, 0.2) is 5.65 Å². The summed E-state index contributed by atoms with van der Waals surface area (Å²) in [5, 5.41) is 10.4. The smallest absolute Gasteiger partial charge is 0.160 e. The van der Waals surface area contributed by atoms with Gasteiger partial charge in [-0.2, -0.15) is 5.26 Å². The van der Waals surface area contributed by atoms with Crippen LogP contribution in [0.3, 0.4) is 0 Å². The number of pyridine rings is 1. The number of nitriles is 1. The lowest BCUT2D eigenvalue weighted by molar-refractivity contribution is 0.631. The summed E-state index contributed by atoms with van der Waals surface area (Å²) in [5.74, 6) is 1.74.